The molecule has 0 N–H and O–H groups in total. The van der Waals surface area contributed by atoms with Crippen LogP contribution in [0, 0.1) is 17.0 Å². The second kappa shape index (κ2) is 6.03. The number of ether oxygens (including phenoxy) is 1. The third kappa shape index (κ3) is 3.93. The van der Waals surface area contributed by atoms with E-state index in [0.717, 1.165) is 6.07 Å². The lowest BCUT2D eigenvalue weighted by Crippen LogP contribution is -2.03. The molecule has 1 aromatic carbocycles. The number of hydrogen-bond acceptors (Lipinski definition) is 5. The first kappa shape index (κ1) is 15.5. The van der Waals surface area contributed by atoms with Crippen molar-refractivity contribution >= 4 is 25.4 Å². The zero-order chi connectivity index (χ0) is 14.6. The fourth-order valence-electron chi connectivity index (χ4n) is 1.42. The lowest BCUT2D eigenvalue weighted by molar-refractivity contribution is -0.386. The third-order valence-corrected chi connectivity index (χ3v) is 3.76. The molecule has 0 heterocycles. The van der Waals surface area contributed by atoms with Gasteiger partial charge < -0.3 is 4.74 Å². The summed E-state index contributed by atoms with van der Waals surface area (Å²) in [6, 6.07) is 2.19. The van der Waals surface area contributed by atoms with Crippen molar-refractivity contribution in [2.75, 3.05) is 6.61 Å². The summed E-state index contributed by atoms with van der Waals surface area (Å²) in [6.07, 6.45) is 2.13. The Hall–Kier alpha value is -1.60. The zero-order valence-electron chi connectivity index (χ0n) is 10.1. The van der Waals surface area contributed by atoms with Crippen LogP contribution >= 0.6 is 10.7 Å². The third-order valence-electron chi connectivity index (χ3n) is 2.30. The zero-order valence-corrected chi connectivity index (χ0v) is 11.7. The van der Waals surface area contributed by atoms with Crippen LogP contribution in [0.25, 0.3) is 0 Å². The van der Waals surface area contributed by atoms with Gasteiger partial charge in [0.25, 0.3) is 9.05 Å². The average Bonchev–Trinajstić information content (AvgIpc) is 2.27. The Morgan fingerprint density at radius 2 is 2.16 bits per heavy atom. The van der Waals surface area contributed by atoms with E-state index in [1.54, 1.807) is 6.08 Å². The molecule has 6 nitrogen and oxygen atoms in total. The molecule has 1 aromatic rings. The Morgan fingerprint density at radius 3 is 2.63 bits per heavy atom. The fraction of sp³-hybridized carbons (Fsp3) is 0.273. The fourth-order valence-corrected chi connectivity index (χ4v) is 2.62. The molecular formula is C11H12ClNO5S. The van der Waals surface area contributed by atoms with E-state index in [1.165, 1.54) is 13.0 Å². The number of rotatable bonds is 6. The molecule has 0 aliphatic carbocycles. The van der Waals surface area contributed by atoms with Gasteiger partial charge in [-0.1, -0.05) is 6.08 Å². The van der Waals surface area contributed by atoms with E-state index in [9.17, 15) is 18.5 Å². The molecule has 0 saturated carbocycles. The van der Waals surface area contributed by atoms with Crippen molar-refractivity contribution in [3.05, 3.63) is 40.5 Å². The quantitative estimate of drug-likeness (QED) is 0.265. The summed E-state index contributed by atoms with van der Waals surface area (Å²) in [6.45, 7) is 5.21. The highest BCUT2D eigenvalue weighted by Crippen LogP contribution is 2.33. The second-order valence-corrected chi connectivity index (χ2v) is 6.24. The molecule has 0 radical (unpaired) electrons. The van der Waals surface area contributed by atoms with Crippen molar-refractivity contribution < 1.29 is 18.1 Å². The van der Waals surface area contributed by atoms with E-state index in [4.69, 9.17) is 15.4 Å². The van der Waals surface area contributed by atoms with E-state index >= 15 is 0 Å². The Kier molecular flexibility index (Phi) is 4.90. The highest BCUT2D eigenvalue weighted by Gasteiger charge is 2.23. The van der Waals surface area contributed by atoms with Gasteiger partial charge in [-0.05, 0) is 25.0 Å². The molecular weight excluding hydrogens is 294 g/mol. The normalized spacial score (nSPS) is 11.1. The number of nitrogens with zero attached hydrogens (tertiary/aromatic N) is 1. The molecule has 0 fully saturated rings. The average molecular weight is 306 g/mol. The monoisotopic (exact) mass is 305 g/mol. The van der Waals surface area contributed by atoms with Crippen molar-refractivity contribution in [3.8, 4) is 5.75 Å². The van der Waals surface area contributed by atoms with E-state index < -0.39 is 19.7 Å². The molecule has 0 amide bonds. The molecule has 0 aliphatic rings. The van der Waals surface area contributed by atoms with Gasteiger partial charge in [-0.15, -0.1) is 6.58 Å². The predicted octanol–water partition coefficient (Wildman–Crippen LogP) is 2.79. The van der Waals surface area contributed by atoms with Gasteiger partial charge in [-0.3, -0.25) is 10.1 Å². The molecule has 8 heteroatoms. The Morgan fingerprint density at radius 1 is 1.53 bits per heavy atom. The van der Waals surface area contributed by atoms with Gasteiger partial charge in [-0.25, -0.2) is 8.42 Å². The molecule has 0 saturated heterocycles. The van der Waals surface area contributed by atoms with Crippen molar-refractivity contribution in [1.29, 1.82) is 0 Å². The number of nitro benzene ring substituents is 1. The highest BCUT2D eigenvalue weighted by atomic mass is 35.7. The molecule has 0 bridgehead atoms. The summed E-state index contributed by atoms with van der Waals surface area (Å²) >= 11 is 0. The molecule has 19 heavy (non-hydrogen) atoms. The van der Waals surface area contributed by atoms with E-state index in [2.05, 4.69) is 6.58 Å². The van der Waals surface area contributed by atoms with Crippen molar-refractivity contribution in [2.45, 2.75) is 18.2 Å². The molecule has 0 spiro atoms. The summed E-state index contributed by atoms with van der Waals surface area (Å²) in [4.78, 5) is 9.90. The molecule has 0 aliphatic heterocycles. The summed E-state index contributed by atoms with van der Waals surface area (Å²) in [7, 11) is 1.18. The molecule has 104 valence electrons. The van der Waals surface area contributed by atoms with Crippen LogP contribution in [0.15, 0.2) is 29.7 Å². The standard InChI is InChI=1S/C11H12ClNO5S/c1-3-4-5-18-10-6-8(2)11(19(12,16)17)7-9(10)13(14)15/h3,6-7H,1,4-5H2,2H3. The van der Waals surface area contributed by atoms with Gasteiger partial charge in [0, 0.05) is 16.7 Å². The van der Waals surface area contributed by atoms with Crippen LogP contribution in [0.2, 0.25) is 0 Å². The maximum absolute atomic E-state index is 11.3. The van der Waals surface area contributed by atoms with Crippen LogP contribution in [0.4, 0.5) is 5.69 Å². The Bertz CT molecular complexity index is 612. The number of halogens is 1. The van der Waals surface area contributed by atoms with Crippen LogP contribution in [-0.4, -0.2) is 19.9 Å². The van der Waals surface area contributed by atoms with Crippen LogP contribution in [0.3, 0.4) is 0 Å². The van der Waals surface area contributed by atoms with Crippen molar-refractivity contribution in [2.24, 2.45) is 0 Å². The smallest absolute Gasteiger partial charge is 0.312 e. The first-order chi connectivity index (χ1) is 8.77. The molecule has 1 rings (SSSR count). The van der Waals surface area contributed by atoms with Crippen molar-refractivity contribution in [3.63, 3.8) is 0 Å². The number of aryl methyl sites for hydroxylation is 1. The van der Waals surface area contributed by atoms with E-state index in [1.807, 2.05) is 0 Å². The number of hydrogen-bond donors (Lipinski definition) is 0. The van der Waals surface area contributed by atoms with Crippen LogP contribution in [0.5, 0.6) is 5.75 Å². The van der Waals surface area contributed by atoms with Crippen molar-refractivity contribution in [1.82, 2.24) is 0 Å². The SMILES string of the molecule is C=CCCOc1cc(C)c(S(=O)(=O)Cl)cc1[N+](=O)[O-]. The van der Waals surface area contributed by atoms with Gasteiger partial charge in [-0.2, -0.15) is 0 Å². The number of benzene rings is 1. The van der Waals surface area contributed by atoms with Gasteiger partial charge >= 0.3 is 5.69 Å². The summed E-state index contributed by atoms with van der Waals surface area (Å²) in [5, 5.41) is 10.9. The minimum Gasteiger partial charge on any atom is -0.486 e. The largest absolute Gasteiger partial charge is 0.486 e. The van der Waals surface area contributed by atoms with Crippen LogP contribution < -0.4 is 4.74 Å². The molecule has 0 atom stereocenters. The van der Waals surface area contributed by atoms with Gasteiger partial charge in [0.1, 0.15) is 0 Å². The second-order valence-electron chi connectivity index (χ2n) is 3.71. The minimum absolute atomic E-state index is 0.00779. The van der Waals surface area contributed by atoms with Gasteiger partial charge in [0.2, 0.25) is 0 Å². The van der Waals surface area contributed by atoms with E-state index in [0.29, 0.717) is 6.42 Å². The van der Waals surface area contributed by atoms with E-state index in [-0.39, 0.29) is 22.8 Å². The first-order valence-electron chi connectivity index (χ1n) is 5.24. The van der Waals surface area contributed by atoms with Crippen LogP contribution in [-0.2, 0) is 9.05 Å². The summed E-state index contributed by atoms with van der Waals surface area (Å²) in [5.74, 6) is 0.00779. The number of nitro groups is 1. The Labute approximate surface area is 115 Å². The summed E-state index contributed by atoms with van der Waals surface area (Å²) < 4.78 is 27.8. The maximum Gasteiger partial charge on any atom is 0.312 e. The highest BCUT2D eigenvalue weighted by molar-refractivity contribution is 8.13. The van der Waals surface area contributed by atoms with Gasteiger partial charge in [0.05, 0.1) is 16.4 Å². The maximum atomic E-state index is 11.3. The Balaban J connectivity index is 3.29. The lowest BCUT2D eigenvalue weighted by atomic mass is 10.2. The minimum atomic E-state index is -4.04. The van der Waals surface area contributed by atoms with Crippen LogP contribution in [0.1, 0.15) is 12.0 Å². The predicted molar refractivity (Wildman–Crippen MR) is 71.2 cm³/mol. The molecule has 0 unspecified atom stereocenters. The summed E-state index contributed by atoms with van der Waals surface area (Å²) in [5.41, 5.74) is -0.150. The first-order valence-corrected chi connectivity index (χ1v) is 7.55. The van der Waals surface area contributed by atoms with Gasteiger partial charge in [0.15, 0.2) is 5.75 Å². The topological polar surface area (TPSA) is 86.5 Å². The lowest BCUT2D eigenvalue weighted by Gasteiger charge is -2.08. The molecule has 0 aromatic heterocycles.